The van der Waals surface area contributed by atoms with Crippen molar-refractivity contribution in [3.05, 3.63) is 23.7 Å². The van der Waals surface area contributed by atoms with Crippen molar-refractivity contribution < 1.29 is 9.15 Å². The minimum absolute atomic E-state index is 0.176. The monoisotopic (exact) mass is 197 g/mol. The highest BCUT2D eigenvalue weighted by Crippen LogP contribution is 2.18. The molecule has 0 aliphatic carbocycles. The first-order valence-electron chi connectivity index (χ1n) is 5.14. The highest BCUT2D eigenvalue weighted by molar-refractivity contribution is 5.18. The Hall–Kier alpha value is -0.800. The van der Waals surface area contributed by atoms with Gasteiger partial charge in [-0.15, -0.1) is 0 Å². The second-order valence-electron chi connectivity index (χ2n) is 3.24. The molecule has 0 saturated heterocycles. The van der Waals surface area contributed by atoms with Crippen LogP contribution in [0.5, 0.6) is 0 Å². The van der Waals surface area contributed by atoms with E-state index in [2.05, 4.69) is 19.2 Å². The predicted octanol–water partition coefficient (Wildman–Crippen LogP) is 2.28. The number of rotatable bonds is 6. The standard InChI is InChI=1S/C11H19NO2/c1-4-12-10(8-13-5-2)11-9(3)6-7-14-11/h6-7,10,12H,4-5,8H2,1-3H3. The van der Waals surface area contributed by atoms with Crippen LogP contribution in [-0.4, -0.2) is 19.8 Å². The lowest BCUT2D eigenvalue weighted by atomic mass is 10.1. The Morgan fingerprint density at radius 1 is 1.50 bits per heavy atom. The van der Waals surface area contributed by atoms with Gasteiger partial charge >= 0.3 is 0 Å². The summed E-state index contributed by atoms with van der Waals surface area (Å²) in [5, 5.41) is 3.34. The first-order chi connectivity index (χ1) is 6.79. The summed E-state index contributed by atoms with van der Waals surface area (Å²) in [6.07, 6.45) is 1.72. The van der Waals surface area contributed by atoms with Crippen molar-refractivity contribution in [1.82, 2.24) is 5.32 Å². The van der Waals surface area contributed by atoms with Crippen LogP contribution in [-0.2, 0) is 4.74 Å². The Bertz CT molecular complexity index is 258. The van der Waals surface area contributed by atoms with Crippen LogP contribution < -0.4 is 5.32 Å². The molecule has 0 radical (unpaired) electrons. The van der Waals surface area contributed by atoms with E-state index in [-0.39, 0.29) is 6.04 Å². The molecule has 1 unspecified atom stereocenters. The van der Waals surface area contributed by atoms with Gasteiger partial charge in [-0.3, -0.25) is 0 Å². The molecule has 80 valence electrons. The van der Waals surface area contributed by atoms with Crippen molar-refractivity contribution in [1.29, 1.82) is 0 Å². The van der Waals surface area contributed by atoms with E-state index in [1.54, 1.807) is 6.26 Å². The summed E-state index contributed by atoms with van der Waals surface area (Å²) >= 11 is 0. The minimum Gasteiger partial charge on any atom is -0.467 e. The summed E-state index contributed by atoms with van der Waals surface area (Å²) in [7, 11) is 0. The molecule has 0 aliphatic heterocycles. The molecule has 1 N–H and O–H groups in total. The van der Waals surface area contributed by atoms with Gasteiger partial charge in [-0.25, -0.2) is 0 Å². The van der Waals surface area contributed by atoms with Gasteiger partial charge in [0.15, 0.2) is 0 Å². The molecule has 0 fully saturated rings. The van der Waals surface area contributed by atoms with Gasteiger partial charge in [-0.2, -0.15) is 0 Å². The molecule has 0 aromatic carbocycles. The van der Waals surface area contributed by atoms with E-state index in [0.717, 1.165) is 18.9 Å². The molecule has 0 saturated carbocycles. The third-order valence-electron chi connectivity index (χ3n) is 2.16. The fourth-order valence-electron chi connectivity index (χ4n) is 1.45. The van der Waals surface area contributed by atoms with Gasteiger partial charge in [0.2, 0.25) is 0 Å². The smallest absolute Gasteiger partial charge is 0.125 e. The van der Waals surface area contributed by atoms with Crippen molar-refractivity contribution in [2.45, 2.75) is 26.8 Å². The predicted molar refractivity (Wildman–Crippen MR) is 56.4 cm³/mol. The van der Waals surface area contributed by atoms with Gasteiger partial charge < -0.3 is 14.5 Å². The first-order valence-corrected chi connectivity index (χ1v) is 5.14. The SMILES string of the molecule is CCNC(COCC)c1occc1C. The zero-order chi connectivity index (χ0) is 10.4. The van der Waals surface area contributed by atoms with E-state index >= 15 is 0 Å². The molecule has 0 aliphatic rings. The van der Waals surface area contributed by atoms with Crippen LogP contribution in [0, 0.1) is 6.92 Å². The summed E-state index contributed by atoms with van der Waals surface area (Å²) in [5.41, 5.74) is 1.18. The zero-order valence-corrected chi connectivity index (χ0v) is 9.17. The van der Waals surface area contributed by atoms with Crippen LogP contribution in [0.15, 0.2) is 16.7 Å². The average Bonchev–Trinajstić information content (AvgIpc) is 2.59. The number of furan rings is 1. The normalized spacial score (nSPS) is 13.1. The van der Waals surface area contributed by atoms with Gasteiger partial charge in [0, 0.05) is 6.61 Å². The van der Waals surface area contributed by atoms with Gasteiger partial charge in [0.25, 0.3) is 0 Å². The van der Waals surface area contributed by atoms with E-state index < -0.39 is 0 Å². The van der Waals surface area contributed by atoms with Gasteiger partial charge in [-0.1, -0.05) is 6.92 Å². The molecule has 1 aromatic rings. The van der Waals surface area contributed by atoms with Crippen LogP contribution in [0.1, 0.15) is 31.2 Å². The minimum atomic E-state index is 0.176. The molecule has 1 atom stereocenters. The van der Waals surface area contributed by atoms with E-state index in [1.807, 2.05) is 13.0 Å². The molecular formula is C11H19NO2. The number of hydrogen-bond donors (Lipinski definition) is 1. The molecule has 3 heteroatoms. The maximum Gasteiger partial charge on any atom is 0.125 e. The molecule has 0 spiro atoms. The van der Waals surface area contributed by atoms with Crippen molar-refractivity contribution in [3.8, 4) is 0 Å². The van der Waals surface area contributed by atoms with Crippen molar-refractivity contribution in [2.24, 2.45) is 0 Å². The Balaban J connectivity index is 2.62. The van der Waals surface area contributed by atoms with Crippen LogP contribution in [0.3, 0.4) is 0 Å². The van der Waals surface area contributed by atoms with E-state index in [4.69, 9.17) is 9.15 Å². The first kappa shape index (κ1) is 11.3. The van der Waals surface area contributed by atoms with Gasteiger partial charge in [0.1, 0.15) is 5.76 Å². The number of ether oxygens (including phenoxy) is 1. The van der Waals surface area contributed by atoms with Crippen molar-refractivity contribution >= 4 is 0 Å². The molecule has 1 rings (SSSR count). The topological polar surface area (TPSA) is 34.4 Å². The molecule has 0 amide bonds. The quantitative estimate of drug-likeness (QED) is 0.759. The van der Waals surface area contributed by atoms with Crippen LogP contribution in [0.2, 0.25) is 0 Å². The second-order valence-corrected chi connectivity index (χ2v) is 3.24. The number of nitrogens with one attached hydrogen (secondary N) is 1. The summed E-state index contributed by atoms with van der Waals surface area (Å²) in [6.45, 7) is 8.45. The van der Waals surface area contributed by atoms with E-state index in [9.17, 15) is 0 Å². The molecular weight excluding hydrogens is 178 g/mol. The number of likely N-dealkylation sites (N-methyl/N-ethyl adjacent to an activating group) is 1. The van der Waals surface area contributed by atoms with Crippen LogP contribution in [0.4, 0.5) is 0 Å². The summed E-state index contributed by atoms with van der Waals surface area (Å²) < 4.78 is 10.8. The molecule has 1 heterocycles. The average molecular weight is 197 g/mol. The Morgan fingerprint density at radius 3 is 2.79 bits per heavy atom. The van der Waals surface area contributed by atoms with Crippen molar-refractivity contribution in [2.75, 3.05) is 19.8 Å². The molecule has 1 aromatic heterocycles. The summed E-state index contributed by atoms with van der Waals surface area (Å²) in [4.78, 5) is 0. The lowest BCUT2D eigenvalue weighted by Crippen LogP contribution is -2.25. The fourth-order valence-corrected chi connectivity index (χ4v) is 1.45. The highest BCUT2D eigenvalue weighted by Gasteiger charge is 2.15. The Labute approximate surface area is 85.4 Å². The van der Waals surface area contributed by atoms with Gasteiger partial charge in [0.05, 0.1) is 18.9 Å². The highest BCUT2D eigenvalue weighted by atomic mass is 16.5. The largest absolute Gasteiger partial charge is 0.467 e. The summed E-state index contributed by atoms with van der Waals surface area (Å²) in [6, 6.07) is 2.15. The van der Waals surface area contributed by atoms with Crippen LogP contribution >= 0.6 is 0 Å². The fraction of sp³-hybridized carbons (Fsp3) is 0.636. The zero-order valence-electron chi connectivity index (χ0n) is 9.17. The van der Waals surface area contributed by atoms with Crippen LogP contribution in [0.25, 0.3) is 0 Å². The number of aryl methyl sites for hydroxylation is 1. The maximum atomic E-state index is 5.43. The van der Waals surface area contributed by atoms with E-state index in [1.165, 1.54) is 5.56 Å². The van der Waals surface area contributed by atoms with E-state index in [0.29, 0.717) is 6.61 Å². The second kappa shape index (κ2) is 5.83. The van der Waals surface area contributed by atoms with Crippen molar-refractivity contribution in [3.63, 3.8) is 0 Å². The van der Waals surface area contributed by atoms with Gasteiger partial charge in [-0.05, 0) is 32.0 Å². The third kappa shape index (κ3) is 2.86. The molecule has 3 nitrogen and oxygen atoms in total. The molecule has 0 bridgehead atoms. The Morgan fingerprint density at radius 2 is 2.29 bits per heavy atom. The maximum absolute atomic E-state index is 5.43. The molecule has 14 heavy (non-hydrogen) atoms. The lowest BCUT2D eigenvalue weighted by Gasteiger charge is -2.16. The number of hydrogen-bond acceptors (Lipinski definition) is 3. The Kier molecular flexibility index (Phi) is 4.70. The third-order valence-corrected chi connectivity index (χ3v) is 2.16. The summed E-state index contributed by atoms with van der Waals surface area (Å²) in [5.74, 6) is 0.986. The lowest BCUT2D eigenvalue weighted by molar-refractivity contribution is 0.116.